The van der Waals surface area contributed by atoms with Crippen LogP contribution in [0.2, 0.25) is 6.32 Å². The largest absolute Gasteiger partial charge is 0.336 e. The van der Waals surface area contributed by atoms with E-state index >= 15 is 0 Å². The molecule has 1 atom stereocenters. The second kappa shape index (κ2) is 4.86. The molecule has 2 N–H and O–H groups in total. The maximum Gasteiger partial charge on any atom is 0.131 e. The lowest BCUT2D eigenvalue weighted by molar-refractivity contribution is 0.622. The van der Waals surface area contributed by atoms with Crippen LogP contribution in [0.15, 0.2) is 0 Å². The van der Waals surface area contributed by atoms with Crippen LogP contribution in [0, 0.1) is 5.92 Å². The Morgan fingerprint density at radius 2 is 1.89 bits per heavy atom. The zero-order chi connectivity index (χ0) is 7.28. The Labute approximate surface area is 59.3 Å². The maximum atomic E-state index is 5.52. The Morgan fingerprint density at radius 3 is 2.22 bits per heavy atom. The quantitative estimate of drug-likeness (QED) is 0.567. The van der Waals surface area contributed by atoms with Gasteiger partial charge in [-0.2, -0.15) is 0 Å². The van der Waals surface area contributed by atoms with Crippen LogP contribution in [0.25, 0.3) is 0 Å². The van der Waals surface area contributed by atoms with Gasteiger partial charge in [-0.1, -0.05) is 33.5 Å². The van der Waals surface area contributed by atoms with Crippen molar-refractivity contribution in [1.82, 2.24) is 0 Å². The van der Waals surface area contributed by atoms with Crippen molar-refractivity contribution in [2.24, 2.45) is 11.7 Å². The van der Waals surface area contributed by atoms with Gasteiger partial charge in [0.25, 0.3) is 0 Å². The summed E-state index contributed by atoms with van der Waals surface area (Å²) >= 11 is 0. The predicted octanol–water partition coefficient (Wildman–Crippen LogP) is 1.46. The van der Waals surface area contributed by atoms with Crippen LogP contribution >= 0.6 is 0 Å². The molecule has 2 heteroatoms. The van der Waals surface area contributed by atoms with Gasteiger partial charge >= 0.3 is 0 Å². The van der Waals surface area contributed by atoms with E-state index in [2.05, 4.69) is 21.1 Å². The number of rotatable bonds is 4. The molecule has 0 aromatic rings. The summed E-state index contributed by atoms with van der Waals surface area (Å²) in [4.78, 5) is 0. The molecular formula is C7H17BN. The lowest BCUT2D eigenvalue weighted by atomic mass is 9.66. The highest BCUT2D eigenvalue weighted by atomic mass is 14.6. The Kier molecular flexibility index (Phi) is 4.88. The smallest absolute Gasteiger partial charge is 0.131 e. The third kappa shape index (κ3) is 8.02. The molecule has 0 bridgehead atoms. The molecule has 0 amide bonds. The minimum atomic E-state index is 0.267. The molecule has 0 heterocycles. The van der Waals surface area contributed by atoms with Gasteiger partial charge in [0, 0.05) is 0 Å². The molecule has 53 valence electrons. The van der Waals surface area contributed by atoms with Gasteiger partial charge in [0.05, 0.1) is 0 Å². The summed E-state index contributed by atoms with van der Waals surface area (Å²) < 4.78 is 0. The van der Waals surface area contributed by atoms with E-state index in [1.165, 1.54) is 6.42 Å². The molecule has 1 nitrogen and oxygen atoms in total. The Hall–Kier alpha value is 0.0249. The average molecular weight is 126 g/mol. The summed E-state index contributed by atoms with van der Waals surface area (Å²) in [5.74, 6) is 1.07. The summed E-state index contributed by atoms with van der Waals surface area (Å²) in [5.41, 5.74) is 5.52. The first kappa shape index (κ1) is 9.02. The molecule has 0 aliphatic carbocycles. The van der Waals surface area contributed by atoms with Crippen LogP contribution < -0.4 is 5.73 Å². The molecule has 0 rings (SSSR count). The molecule has 0 aromatic carbocycles. The van der Waals surface area contributed by atoms with Gasteiger partial charge in [0.2, 0.25) is 0 Å². The van der Waals surface area contributed by atoms with Crippen molar-refractivity contribution in [3.8, 4) is 0 Å². The first-order chi connectivity index (χ1) is 4.13. The number of hydrogen-bond donors (Lipinski definition) is 1. The molecule has 9 heavy (non-hydrogen) atoms. The van der Waals surface area contributed by atoms with E-state index in [0.29, 0.717) is 0 Å². The van der Waals surface area contributed by atoms with Gasteiger partial charge in [-0.3, -0.25) is 0 Å². The highest BCUT2D eigenvalue weighted by molar-refractivity contribution is 6.37. The lowest BCUT2D eigenvalue weighted by Crippen LogP contribution is -2.22. The van der Waals surface area contributed by atoms with Crippen LogP contribution in [0.1, 0.15) is 27.2 Å². The van der Waals surface area contributed by atoms with Crippen molar-refractivity contribution >= 4 is 7.28 Å². The van der Waals surface area contributed by atoms with E-state index in [4.69, 9.17) is 5.73 Å². The standard InChI is InChI=1S/C7H17BN/c1-6(2)4-5-8-7(3)9/h6-7H,4-5,9H2,1-3H3. The molecule has 0 saturated heterocycles. The molecule has 0 spiro atoms. The van der Waals surface area contributed by atoms with Crippen molar-refractivity contribution in [2.75, 3.05) is 0 Å². The first-order valence-electron chi connectivity index (χ1n) is 3.72. The average Bonchev–Trinajstić information content (AvgIpc) is 1.63. The van der Waals surface area contributed by atoms with Crippen molar-refractivity contribution in [2.45, 2.75) is 39.5 Å². The molecule has 1 unspecified atom stereocenters. The Morgan fingerprint density at radius 1 is 1.33 bits per heavy atom. The Balaban J connectivity index is 2.91. The van der Waals surface area contributed by atoms with Crippen LogP contribution in [0.5, 0.6) is 0 Å². The zero-order valence-corrected chi connectivity index (χ0v) is 6.72. The summed E-state index contributed by atoms with van der Waals surface area (Å²) in [7, 11) is 2.17. The molecular weight excluding hydrogens is 109 g/mol. The summed E-state index contributed by atoms with van der Waals surface area (Å²) in [6.07, 6.45) is 2.43. The van der Waals surface area contributed by atoms with Gasteiger partial charge in [-0.05, 0) is 11.9 Å². The van der Waals surface area contributed by atoms with Crippen LogP contribution in [0.3, 0.4) is 0 Å². The summed E-state index contributed by atoms with van der Waals surface area (Å²) in [5, 5.41) is 0. The van der Waals surface area contributed by atoms with E-state index in [1.54, 1.807) is 0 Å². The van der Waals surface area contributed by atoms with Crippen LogP contribution in [0.4, 0.5) is 0 Å². The first-order valence-corrected chi connectivity index (χ1v) is 3.72. The molecule has 0 fully saturated rings. The number of nitrogens with two attached hydrogens (primary N) is 1. The van der Waals surface area contributed by atoms with Gasteiger partial charge in [0.15, 0.2) is 0 Å². The summed E-state index contributed by atoms with van der Waals surface area (Å²) in [6.45, 7) is 6.48. The molecule has 0 saturated carbocycles. The Bertz CT molecular complexity index is 53.9. The fraction of sp³-hybridized carbons (Fsp3) is 1.00. The molecule has 1 radical (unpaired) electrons. The second-order valence-electron chi connectivity index (χ2n) is 3.07. The van der Waals surface area contributed by atoms with Crippen LogP contribution in [-0.2, 0) is 0 Å². The predicted molar refractivity (Wildman–Crippen MR) is 43.7 cm³/mol. The topological polar surface area (TPSA) is 26.0 Å². The van der Waals surface area contributed by atoms with E-state index < -0.39 is 0 Å². The maximum absolute atomic E-state index is 5.52. The summed E-state index contributed by atoms with van der Waals surface area (Å²) in [6, 6.07) is 0. The van der Waals surface area contributed by atoms with Crippen molar-refractivity contribution in [3.05, 3.63) is 0 Å². The van der Waals surface area contributed by atoms with Crippen LogP contribution in [-0.4, -0.2) is 13.2 Å². The minimum absolute atomic E-state index is 0.267. The van der Waals surface area contributed by atoms with Crippen molar-refractivity contribution in [1.29, 1.82) is 0 Å². The van der Waals surface area contributed by atoms with Crippen molar-refractivity contribution in [3.63, 3.8) is 0 Å². The fourth-order valence-corrected chi connectivity index (χ4v) is 0.692. The lowest BCUT2D eigenvalue weighted by Gasteiger charge is -2.04. The van der Waals surface area contributed by atoms with E-state index in [9.17, 15) is 0 Å². The molecule has 0 aliphatic rings. The SMILES string of the molecule is CC(N)[B]CCC(C)C. The van der Waals surface area contributed by atoms with Gasteiger partial charge < -0.3 is 5.73 Å². The van der Waals surface area contributed by atoms with E-state index in [-0.39, 0.29) is 5.94 Å². The highest BCUT2D eigenvalue weighted by Gasteiger charge is 1.97. The fourth-order valence-electron chi connectivity index (χ4n) is 0.692. The van der Waals surface area contributed by atoms with Gasteiger partial charge in [0.1, 0.15) is 7.28 Å². The third-order valence-electron chi connectivity index (χ3n) is 1.28. The second-order valence-corrected chi connectivity index (χ2v) is 3.07. The normalized spacial score (nSPS) is 13.9. The monoisotopic (exact) mass is 126 g/mol. The van der Waals surface area contributed by atoms with Crippen molar-refractivity contribution < 1.29 is 0 Å². The third-order valence-corrected chi connectivity index (χ3v) is 1.28. The number of hydrogen-bond acceptors (Lipinski definition) is 1. The van der Waals surface area contributed by atoms with E-state index in [0.717, 1.165) is 12.2 Å². The highest BCUT2D eigenvalue weighted by Crippen LogP contribution is 2.02. The minimum Gasteiger partial charge on any atom is -0.336 e. The van der Waals surface area contributed by atoms with Gasteiger partial charge in [-0.25, -0.2) is 0 Å². The van der Waals surface area contributed by atoms with Gasteiger partial charge in [-0.15, -0.1) is 0 Å². The zero-order valence-electron chi connectivity index (χ0n) is 6.72. The molecule has 0 aromatic heterocycles. The molecule has 0 aliphatic heterocycles. The van der Waals surface area contributed by atoms with E-state index in [1.807, 2.05) is 6.92 Å².